The Morgan fingerprint density at radius 2 is 1.68 bits per heavy atom. The fraction of sp³-hybridized carbons (Fsp3) is 0.450. The van der Waals surface area contributed by atoms with Crippen molar-refractivity contribution in [1.82, 2.24) is 14.7 Å². The van der Waals surface area contributed by atoms with E-state index in [4.69, 9.17) is 4.42 Å². The minimum Gasteiger partial charge on any atom is -0.467 e. The van der Waals surface area contributed by atoms with Gasteiger partial charge in [0, 0.05) is 32.7 Å². The van der Waals surface area contributed by atoms with Gasteiger partial charge in [-0.3, -0.25) is 14.6 Å². The highest BCUT2D eigenvalue weighted by molar-refractivity contribution is 5.78. The van der Waals surface area contributed by atoms with Gasteiger partial charge >= 0.3 is 6.18 Å². The molecule has 0 N–H and O–H groups in total. The zero-order valence-corrected chi connectivity index (χ0v) is 15.6. The van der Waals surface area contributed by atoms with E-state index < -0.39 is 18.6 Å². The first-order chi connectivity index (χ1) is 13.4. The number of halogens is 3. The van der Waals surface area contributed by atoms with Crippen LogP contribution in [0.25, 0.3) is 0 Å². The number of hydrogen-bond donors (Lipinski definition) is 0. The number of amides is 1. The molecule has 0 saturated carbocycles. The van der Waals surface area contributed by atoms with Crippen molar-refractivity contribution >= 4 is 5.91 Å². The summed E-state index contributed by atoms with van der Waals surface area (Å²) in [5.74, 6) is -0.199. The van der Waals surface area contributed by atoms with Crippen LogP contribution in [-0.2, 0) is 17.9 Å². The Morgan fingerprint density at radius 3 is 2.29 bits per heavy atom. The molecule has 152 valence electrons. The Kier molecular flexibility index (Phi) is 6.74. The van der Waals surface area contributed by atoms with E-state index in [2.05, 4.69) is 17.0 Å². The lowest BCUT2D eigenvalue weighted by atomic mass is 10.2. The number of benzene rings is 1. The van der Waals surface area contributed by atoms with Crippen LogP contribution in [0.4, 0.5) is 13.2 Å². The van der Waals surface area contributed by atoms with Gasteiger partial charge in [-0.25, -0.2) is 0 Å². The first kappa shape index (κ1) is 20.4. The van der Waals surface area contributed by atoms with E-state index in [0.717, 1.165) is 24.5 Å². The topological polar surface area (TPSA) is 39.9 Å². The number of carbonyl (C=O) groups is 1. The minimum absolute atomic E-state index is 0.0179. The van der Waals surface area contributed by atoms with E-state index in [-0.39, 0.29) is 13.1 Å². The molecule has 1 amide bonds. The summed E-state index contributed by atoms with van der Waals surface area (Å²) in [7, 11) is 0. The van der Waals surface area contributed by atoms with Crippen LogP contribution in [0.15, 0.2) is 53.1 Å². The second-order valence-electron chi connectivity index (χ2n) is 6.98. The third kappa shape index (κ3) is 6.38. The van der Waals surface area contributed by atoms with Crippen LogP contribution < -0.4 is 0 Å². The predicted molar refractivity (Wildman–Crippen MR) is 98.3 cm³/mol. The first-order valence-electron chi connectivity index (χ1n) is 9.24. The summed E-state index contributed by atoms with van der Waals surface area (Å²) in [6.45, 7) is 2.22. The van der Waals surface area contributed by atoms with Gasteiger partial charge in [-0.2, -0.15) is 13.2 Å². The van der Waals surface area contributed by atoms with Crippen LogP contribution in [-0.4, -0.2) is 66.1 Å². The van der Waals surface area contributed by atoms with Gasteiger partial charge in [0.1, 0.15) is 12.3 Å². The summed E-state index contributed by atoms with van der Waals surface area (Å²) in [5.41, 5.74) is 1.22. The SMILES string of the molecule is O=C(CN1CCN(Cc2ccccc2)CC1)N(Cc1ccco1)CC(F)(F)F. The number of alkyl halides is 3. The maximum absolute atomic E-state index is 12.9. The normalized spacial score (nSPS) is 16.2. The second-order valence-corrected chi connectivity index (χ2v) is 6.98. The average molecular weight is 395 g/mol. The van der Waals surface area contributed by atoms with Gasteiger partial charge < -0.3 is 9.32 Å². The van der Waals surface area contributed by atoms with Crippen LogP contribution in [0.3, 0.4) is 0 Å². The third-order valence-electron chi connectivity index (χ3n) is 4.72. The molecule has 1 aromatic carbocycles. The number of hydrogen-bond acceptors (Lipinski definition) is 4. The lowest BCUT2D eigenvalue weighted by Gasteiger charge is -2.35. The van der Waals surface area contributed by atoms with Crippen LogP contribution in [0.2, 0.25) is 0 Å². The highest BCUT2D eigenvalue weighted by Crippen LogP contribution is 2.19. The zero-order chi connectivity index (χ0) is 20.0. The second kappa shape index (κ2) is 9.25. The molecule has 0 unspecified atom stereocenters. The van der Waals surface area contributed by atoms with Crippen LogP contribution in [0, 0.1) is 0 Å². The molecule has 1 aromatic heterocycles. The lowest BCUT2D eigenvalue weighted by molar-refractivity contribution is -0.163. The van der Waals surface area contributed by atoms with Crippen molar-refractivity contribution in [2.24, 2.45) is 0 Å². The van der Waals surface area contributed by atoms with Crippen molar-refractivity contribution in [1.29, 1.82) is 0 Å². The van der Waals surface area contributed by atoms with E-state index in [1.807, 2.05) is 23.1 Å². The molecule has 0 spiro atoms. The van der Waals surface area contributed by atoms with E-state index in [1.54, 1.807) is 12.1 Å². The molecule has 3 rings (SSSR count). The summed E-state index contributed by atoms with van der Waals surface area (Å²) in [6, 6.07) is 13.3. The van der Waals surface area contributed by atoms with Gasteiger partial charge in [-0.05, 0) is 17.7 Å². The maximum atomic E-state index is 12.9. The van der Waals surface area contributed by atoms with Gasteiger partial charge in [-0.1, -0.05) is 30.3 Å². The molecule has 0 bridgehead atoms. The Morgan fingerprint density at radius 1 is 1.00 bits per heavy atom. The summed E-state index contributed by atoms with van der Waals surface area (Å²) in [6.07, 6.45) is -3.06. The van der Waals surface area contributed by atoms with Crippen LogP contribution in [0.5, 0.6) is 0 Å². The lowest BCUT2D eigenvalue weighted by Crippen LogP contribution is -2.50. The molecule has 1 saturated heterocycles. The van der Waals surface area contributed by atoms with E-state index >= 15 is 0 Å². The molecule has 28 heavy (non-hydrogen) atoms. The standard InChI is InChI=1S/C20H24F3N3O2/c21-20(22,23)16-26(14-18-7-4-12-28-18)19(27)15-25-10-8-24(9-11-25)13-17-5-2-1-3-6-17/h1-7,12H,8-11,13-16H2. The summed E-state index contributed by atoms with van der Waals surface area (Å²) >= 11 is 0. The number of furan rings is 1. The van der Waals surface area contributed by atoms with Crippen LogP contribution >= 0.6 is 0 Å². The molecule has 1 aliphatic heterocycles. The van der Waals surface area contributed by atoms with E-state index in [9.17, 15) is 18.0 Å². The molecule has 0 radical (unpaired) electrons. The first-order valence-corrected chi connectivity index (χ1v) is 9.24. The minimum atomic E-state index is -4.45. The molecule has 2 aromatic rings. The quantitative estimate of drug-likeness (QED) is 0.723. The predicted octanol–water partition coefficient (Wildman–Crippen LogP) is 2.99. The van der Waals surface area contributed by atoms with Crippen molar-refractivity contribution in [2.45, 2.75) is 19.3 Å². The third-order valence-corrected chi connectivity index (χ3v) is 4.72. The van der Waals surface area contributed by atoms with Gasteiger partial charge in [0.15, 0.2) is 0 Å². The van der Waals surface area contributed by atoms with Crippen molar-refractivity contribution in [3.63, 3.8) is 0 Å². The molecule has 1 fully saturated rings. The number of nitrogens with zero attached hydrogens (tertiary/aromatic N) is 3. The number of rotatable bonds is 7. The highest BCUT2D eigenvalue weighted by Gasteiger charge is 2.34. The van der Waals surface area contributed by atoms with Gasteiger partial charge in [0.2, 0.25) is 5.91 Å². The van der Waals surface area contributed by atoms with Crippen molar-refractivity contribution in [3.8, 4) is 0 Å². The Hall–Kier alpha value is -2.32. The monoisotopic (exact) mass is 395 g/mol. The Labute approximate surface area is 162 Å². The molecule has 0 aliphatic carbocycles. The van der Waals surface area contributed by atoms with Gasteiger partial charge in [0.25, 0.3) is 0 Å². The fourth-order valence-corrected chi connectivity index (χ4v) is 3.28. The summed E-state index contributed by atoms with van der Waals surface area (Å²) in [4.78, 5) is 17.5. The Balaban J connectivity index is 1.51. The van der Waals surface area contributed by atoms with Crippen molar-refractivity contribution in [3.05, 3.63) is 60.1 Å². The number of carbonyl (C=O) groups excluding carboxylic acids is 1. The average Bonchev–Trinajstić information content (AvgIpc) is 3.16. The van der Waals surface area contributed by atoms with E-state index in [1.165, 1.54) is 11.8 Å². The van der Waals surface area contributed by atoms with Crippen LogP contribution in [0.1, 0.15) is 11.3 Å². The van der Waals surface area contributed by atoms with Gasteiger partial charge in [-0.15, -0.1) is 0 Å². The van der Waals surface area contributed by atoms with Crippen molar-refractivity contribution in [2.75, 3.05) is 39.3 Å². The van der Waals surface area contributed by atoms with Crippen molar-refractivity contribution < 1.29 is 22.4 Å². The summed E-state index contributed by atoms with van der Waals surface area (Å²) in [5, 5.41) is 0. The maximum Gasteiger partial charge on any atom is 0.406 e. The largest absolute Gasteiger partial charge is 0.467 e. The summed E-state index contributed by atoms with van der Waals surface area (Å²) < 4.78 is 43.8. The molecule has 5 nitrogen and oxygen atoms in total. The molecule has 2 heterocycles. The highest BCUT2D eigenvalue weighted by atomic mass is 19.4. The fourth-order valence-electron chi connectivity index (χ4n) is 3.28. The molecular formula is C20H24F3N3O2. The number of piperazine rings is 1. The molecule has 0 atom stereocenters. The molecule has 1 aliphatic rings. The molecule has 8 heteroatoms. The molecular weight excluding hydrogens is 371 g/mol. The van der Waals surface area contributed by atoms with E-state index in [0.29, 0.717) is 18.8 Å². The zero-order valence-electron chi connectivity index (χ0n) is 15.6. The smallest absolute Gasteiger partial charge is 0.406 e. The Bertz CT molecular complexity index is 727. The van der Waals surface area contributed by atoms with Gasteiger partial charge in [0.05, 0.1) is 19.4 Å².